The van der Waals surface area contributed by atoms with Crippen molar-refractivity contribution < 1.29 is 6.51 Å². The van der Waals surface area contributed by atoms with Crippen molar-refractivity contribution >= 4 is 34.6 Å². The van der Waals surface area contributed by atoms with Crippen molar-refractivity contribution in [2.24, 2.45) is 40.9 Å². The summed E-state index contributed by atoms with van der Waals surface area (Å²) in [5.41, 5.74) is 0.734. The third-order valence-corrected chi connectivity index (χ3v) is 91.8. The fourth-order valence-corrected chi connectivity index (χ4v) is 174. The molecule has 9 atom stereocenters. The normalized spacial score (nSPS) is 83.6. The van der Waals surface area contributed by atoms with Crippen molar-refractivity contribution in [1.82, 2.24) is 10.6 Å². The maximum absolute atomic E-state index is 4.33. The van der Waals surface area contributed by atoms with Crippen LogP contribution in [-0.4, -0.2) is 53.6 Å². The third kappa shape index (κ3) is 0.609. The molecule has 7 heteroatoms. The molecule has 2 N–H and O–H groups in total. The third-order valence-electron chi connectivity index (χ3n) is 27.0. The van der Waals surface area contributed by atoms with E-state index in [0.29, 0.717) is 5.16 Å². The molecule has 4 saturated carbocycles. The number of hydrogen-bond acceptors (Lipinski definition) is 2. The molecule has 0 radical (unpaired) electrons. The Morgan fingerprint density at radius 2 is 1.23 bits per heavy atom. The van der Waals surface area contributed by atoms with Gasteiger partial charge in [-0.2, -0.15) is 0 Å². The molecule has 0 aromatic carbocycles. The van der Waals surface area contributed by atoms with Crippen LogP contribution in [-0.2, 0) is 6.51 Å². The van der Waals surface area contributed by atoms with Crippen LogP contribution in [0.25, 0.3) is 0 Å². The molecule has 12 aliphatic heterocycles. The maximum atomic E-state index is 4.12. The Labute approximate surface area is 258 Å². The Hall–Kier alpha value is 1.73. The van der Waals surface area contributed by atoms with Crippen LogP contribution < -0.4 is 10.6 Å². The van der Waals surface area contributed by atoms with Gasteiger partial charge in [0.05, 0.1) is 0 Å². The molecule has 16 rings (SSSR count). The van der Waals surface area contributed by atoms with Crippen molar-refractivity contribution in [1.29, 1.82) is 0 Å². The van der Waals surface area contributed by atoms with E-state index in [0.717, 1.165) is 57.4 Å². The molecule has 1 spiro atoms. The van der Waals surface area contributed by atoms with Gasteiger partial charge in [-0.25, -0.2) is 0 Å². The first-order chi connectivity index (χ1) is 20.2. The summed E-state index contributed by atoms with van der Waals surface area (Å²) in [6.45, 7) is 19.3. The van der Waals surface area contributed by atoms with Crippen LogP contribution in [0.1, 0.15) is 44.9 Å². The van der Waals surface area contributed by atoms with Crippen molar-refractivity contribution in [3.05, 3.63) is 0 Å². The first kappa shape index (κ1) is 24.8. The van der Waals surface area contributed by atoms with Gasteiger partial charge in [0.25, 0.3) is 0 Å². The quantitative estimate of drug-likeness (QED) is 0.206. The zero-order valence-corrected chi connectivity index (χ0v) is 33.3. The van der Waals surface area contributed by atoms with Crippen LogP contribution in [0.3, 0.4) is 0 Å². The van der Waals surface area contributed by atoms with E-state index in [-0.39, 0.29) is 0 Å². The zero-order chi connectivity index (χ0) is 29.1. The Kier molecular flexibility index (Phi) is 2.20. The van der Waals surface area contributed by atoms with Crippen LogP contribution in [0.5, 0.6) is 0 Å². The molecular formula is C36H60FeN2P2Si2. The summed E-state index contributed by atoms with van der Waals surface area (Å²) in [6, 6.07) is 0. The first-order valence-electron chi connectivity index (χ1n) is 19.3. The fourth-order valence-electron chi connectivity index (χ4n) is 32.5. The molecule has 16 aliphatic rings. The molecule has 2 nitrogen and oxygen atoms in total. The van der Waals surface area contributed by atoms with Gasteiger partial charge in [-0.1, -0.05) is 0 Å². The number of fused-ring (bicyclic) bond motifs is 11. The summed E-state index contributed by atoms with van der Waals surface area (Å²) in [4.78, 5) is 8.31. The second-order valence-electron chi connectivity index (χ2n) is 24.3. The van der Waals surface area contributed by atoms with Gasteiger partial charge in [0.2, 0.25) is 0 Å². The summed E-state index contributed by atoms with van der Waals surface area (Å²) in [5.74, 6) is 6.34. The molecular weight excluding hydrogens is 634 g/mol. The van der Waals surface area contributed by atoms with Crippen molar-refractivity contribution in [2.75, 3.05) is 32.3 Å². The summed E-state index contributed by atoms with van der Waals surface area (Å²) in [5, 5.41) is 8.65. The second-order valence-corrected chi connectivity index (χ2v) is 59.7. The standard InChI is InChI=1S/C31H55N2P2Si2.C5H5.Fe/c1-36(2,3)27-16-26(31(35,22-7-9-32-17-22)23-8-10-33-18-23)28(29(27)37(4,5)6)30(19-34)24-12-20-11-21(14-24)15-25(30)13-20;1-2-4-5-3-1;/h16,20-25,32-33H,7-15,17-19,34-35H2,1-6H3;1-5H;. The van der Waals surface area contributed by atoms with Crippen LogP contribution in [0, 0.1) is 40.9 Å². The van der Waals surface area contributed by atoms with Crippen molar-refractivity contribution in [2.45, 2.75) is 135 Å². The second kappa shape index (κ2) is 3.81. The number of rotatable bonds is 7. The van der Waals surface area contributed by atoms with Gasteiger partial charge in [0.1, 0.15) is 0 Å². The van der Waals surface area contributed by atoms with Gasteiger partial charge in [-0.15, -0.1) is 0 Å². The van der Waals surface area contributed by atoms with Crippen LogP contribution in [0.4, 0.5) is 0 Å². The minimum absolute atomic E-state index is 0.547. The predicted octanol–water partition coefficient (Wildman–Crippen LogP) is 8.76. The molecule has 0 amide bonds. The van der Waals surface area contributed by atoms with Crippen molar-refractivity contribution in [3.8, 4) is 0 Å². The summed E-state index contributed by atoms with van der Waals surface area (Å²) in [6.07, 6.45) is 12.9. The SMILES string of the molecule is C[Si](C)(C)[C]12[CH]3[C]4(C(P)(C5CCNC5)C5CCNC5)[C]5(C6(CP)C7CC8CC(C7)CC6C8)[C]1([Si](C)(C)C)[Fe]34521678[CH]2[CH]1[CH]6[CH]7[CH]28. The van der Waals surface area contributed by atoms with Crippen molar-refractivity contribution in [3.63, 3.8) is 0 Å². The molecule has 43 heavy (non-hydrogen) atoms. The van der Waals surface area contributed by atoms with Gasteiger partial charge in [-0.05, 0) is 0 Å². The van der Waals surface area contributed by atoms with E-state index in [1.54, 1.807) is 32.1 Å². The predicted molar refractivity (Wildman–Crippen MR) is 188 cm³/mol. The topological polar surface area (TPSA) is 24.1 Å². The van der Waals surface area contributed by atoms with E-state index in [1.807, 2.05) is 0 Å². The summed E-state index contributed by atoms with van der Waals surface area (Å²) < 4.78 is 3.77. The average Bonchev–Trinajstić information content (AvgIpc) is 3.75. The van der Waals surface area contributed by atoms with Gasteiger partial charge >= 0.3 is 260 Å². The van der Waals surface area contributed by atoms with E-state index in [2.05, 4.69) is 68.4 Å². The average molecular weight is 695 g/mol. The van der Waals surface area contributed by atoms with E-state index < -0.39 is 22.7 Å². The Bertz CT molecular complexity index is 1870. The van der Waals surface area contributed by atoms with E-state index in [1.165, 1.54) is 74.1 Å². The monoisotopic (exact) mass is 694 g/mol. The minimum atomic E-state index is -4.33. The molecule has 4 aliphatic carbocycles. The Morgan fingerprint density at radius 3 is 1.58 bits per heavy atom. The van der Waals surface area contributed by atoms with Gasteiger partial charge in [0.15, 0.2) is 0 Å². The van der Waals surface area contributed by atoms with E-state index in [9.17, 15) is 0 Å². The fraction of sp³-hybridized carbons (Fsp3) is 1.00. The molecule has 0 aromatic heterocycles. The van der Waals surface area contributed by atoms with E-state index in [4.69, 9.17) is 0 Å². The molecule has 9 unspecified atom stereocenters. The van der Waals surface area contributed by atoms with E-state index >= 15 is 0 Å². The Morgan fingerprint density at radius 1 is 0.744 bits per heavy atom. The Balaban J connectivity index is 1.17. The van der Waals surface area contributed by atoms with Crippen LogP contribution in [0.15, 0.2) is 0 Å². The molecule has 16 fully saturated rings. The molecule has 12 saturated heterocycles. The first-order valence-corrected chi connectivity index (χ1v) is 33.7. The molecule has 4 bridgehead atoms. The van der Waals surface area contributed by atoms with Crippen LogP contribution in [0.2, 0.25) is 84.7 Å². The summed E-state index contributed by atoms with van der Waals surface area (Å²) in [7, 11) is 4.92. The van der Waals surface area contributed by atoms with Gasteiger partial charge in [0, 0.05) is 0 Å². The van der Waals surface area contributed by atoms with Crippen LogP contribution >= 0.6 is 18.5 Å². The summed E-state index contributed by atoms with van der Waals surface area (Å²) >= 11 is 0. The number of nitrogens with one attached hydrogen (secondary N) is 2. The molecule has 12 heterocycles. The van der Waals surface area contributed by atoms with Gasteiger partial charge in [-0.3, -0.25) is 0 Å². The molecule has 240 valence electrons. The zero-order valence-electron chi connectivity index (χ0n) is 27.9. The van der Waals surface area contributed by atoms with Gasteiger partial charge < -0.3 is 0 Å². The molecule has 0 aromatic rings. The number of hydrogen-bond donors (Lipinski definition) is 2.